The lowest BCUT2D eigenvalue weighted by atomic mass is 10.0. The number of imidazole rings is 4. The van der Waals surface area contributed by atoms with Crippen molar-refractivity contribution >= 4 is 40.8 Å². The van der Waals surface area contributed by atoms with Crippen molar-refractivity contribution in [2.24, 2.45) is 14.1 Å². The van der Waals surface area contributed by atoms with Gasteiger partial charge in [-0.2, -0.15) is 49.3 Å². The number of carbonyl (C=O) groups excluding carboxylic acids is 4. The zero-order valence-corrected chi connectivity index (χ0v) is 58.2. The number of nitrogens with zero attached hydrogens (tertiary/aromatic N) is 12. The molecule has 4 N–H and O–H groups in total. The van der Waals surface area contributed by atoms with Gasteiger partial charge in [0.15, 0.2) is 0 Å². The Morgan fingerprint density at radius 2 is 0.981 bits per heavy atom. The standard InChI is InChI=1S/C27H28F3N5O.C25H19F3N6O2.C25H20F3N5O/c1-19-4-5-21(14-20(19)7-9-24-16-31-18-34(24)3)26(36)32-23-8-6-22(25(15-23)27(28,29)30)17-35-12-10-33(2)11-13-35;1-16-3-5-19(9-18(16)6-4-17-13-31-34(14-17)24(36)29-2)23(35)32-21-10-20(25(26,27)28)11-22(12-21)33-8-7-30-15-33;1-16-4-5-19(8-18(16)6-7-22-12-29-14-32(22)3)24(34)31-21-9-20(25(26,27)28)10-23(11-21)33-13-17(2)30-15-33/h4-6,8,14-16,18H,10-13,17H2,1-3H3,(H,32,36);3,5,7-15H,1-2H3,(H,29,36)(H,32,35);4-5,8-15H,1-3H3,(H,31,34). The summed E-state index contributed by atoms with van der Waals surface area (Å²) in [4.78, 5) is 70.4. The average Bonchev–Trinajstić information content (AvgIpc) is 1.46. The molecule has 0 spiro atoms. The third-order valence-corrected chi connectivity index (χ3v) is 16.6. The molecular weight excluding hydrogens is 1380 g/mol. The Balaban J connectivity index is 0.000000170. The van der Waals surface area contributed by atoms with Crippen LogP contribution in [0.3, 0.4) is 0 Å². The predicted octanol–water partition coefficient (Wildman–Crippen LogP) is 13.3. The molecule has 5 aromatic heterocycles. The van der Waals surface area contributed by atoms with Crippen molar-refractivity contribution in [3.05, 3.63) is 273 Å². The van der Waals surface area contributed by atoms with Crippen LogP contribution in [0.25, 0.3) is 11.4 Å². The second kappa shape index (κ2) is 32.7. The van der Waals surface area contributed by atoms with Crippen LogP contribution in [0.2, 0.25) is 0 Å². The molecule has 1 aliphatic rings. The van der Waals surface area contributed by atoms with Gasteiger partial charge < -0.3 is 44.4 Å². The van der Waals surface area contributed by atoms with Crippen LogP contribution in [-0.2, 0) is 39.2 Å². The molecule has 0 atom stereocenters. The molecule has 0 unspecified atom stereocenters. The Labute approximate surface area is 603 Å². The molecule has 1 saturated heterocycles. The van der Waals surface area contributed by atoms with Crippen LogP contribution >= 0.6 is 0 Å². The Morgan fingerprint density at radius 1 is 0.491 bits per heavy atom. The number of halogens is 9. The lowest BCUT2D eigenvalue weighted by Gasteiger charge is -2.33. The number of aryl methyl sites for hydroxylation is 6. The van der Waals surface area contributed by atoms with E-state index in [9.17, 15) is 58.7 Å². The number of likely N-dealkylation sites (N-methyl/N-ethyl adjacent to an activating group) is 1. The number of aromatic nitrogens is 10. The van der Waals surface area contributed by atoms with E-state index < -0.39 is 59.0 Å². The summed E-state index contributed by atoms with van der Waals surface area (Å²) in [6.45, 7) is 10.6. The van der Waals surface area contributed by atoms with Crippen molar-refractivity contribution in [2.45, 2.75) is 52.8 Å². The minimum atomic E-state index is -4.60. The number of benzene rings is 6. The van der Waals surface area contributed by atoms with E-state index in [1.54, 1.807) is 102 Å². The molecule has 0 saturated carbocycles. The summed E-state index contributed by atoms with van der Waals surface area (Å²) in [5, 5.41) is 14.1. The van der Waals surface area contributed by atoms with E-state index in [2.05, 4.69) is 86.7 Å². The number of hydrogen-bond acceptors (Lipinski definition) is 11. The zero-order valence-electron chi connectivity index (χ0n) is 58.2. The molecule has 1 fully saturated rings. The Kier molecular flexibility index (Phi) is 23.4. The fraction of sp³-hybridized carbons (Fsp3) is 0.208. The second-order valence-electron chi connectivity index (χ2n) is 24.6. The highest BCUT2D eigenvalue weighted by atomic mass is 19.4. The Morgan fingerprint density at radius 3 is 1.42 bits per heavy atom. The third-order valence-electron chi connectivity index (χ3n) is 16.6. The number of piperazine rings is 1. The van der Waals surface area contributed by atoms with Crippen molar-refractivity contribution in [1.82, 2.24) is 63.1 Å². The number of nitrogens with one attached hydrogen (secondary N) is 4. The lowest BCUT2D eigenvalue weighted by molar-refractivity contribution is -0.139. The molecule has 12 rings (SSSR count). The van der Waals surface area contributed by atoms with Gasteiger partial charge in [-0.05, 0) is 154 Å². The summed E-state index contributed by atoms with van der Waals surface area (Å²) >= 11 is 0. The van der Waals surface area contributed by atoms with Crippen molar-refractivity contribution < 1.29 is 58.7 Å². The maximum atomic E-state index is 13.9. The van der Waals surface area contributed by atoms with Gasteiger partial charge in [0, 0.05) is 134 Å². The molecule has 11 aromatic rings. The second-order valence-corrected chi connectivity index (χ2v) is 24.6. The van der Waals surface area contributed by atoms with E-state index in [0.717, 1.165) is 70.5 Å². The number of rotatable bonds is 10. The number of amides is 4. The fourth-order valence-electron chi connectivity index (χ4n) is 10.5. The van der Waals surface area contributed by atoms with Gasteiger partial charge in [0.05, 0.1) is 78.0 Å². The summed E-state index contributed by atoms with van der Waals surface area (Å²) in [5.41, 5.74) is 5.96. The highest BCUT2D eigenvalue weighted by Crippen LogP contribution is 2.37. The molecule has 6 aromatic carbocycles. The number of anilines is 3. The molecule has 6 heterocycles. The first kappa shape index (κ1) is 75.9. The first-order valence-corrected chi connectivity index (χ1v) is 32.4. The van der Waals surface area contributed by atoms with Gasteiger partial charge in [0.25, 0.3) is 17.7 Å². The van der Waals surface area contributed by atoms with E-state index in [1.165, 1.54) is 77.9 Å². The molecular formula is C77H67F9N16O4. The van der Waals surface area contributed by atoms with Gasteiger partial charge >= 0.3 is 24.6 Å². The first-order chi connectivity index (χ1) is 50.3. The summed E-state index contributed by atoms with van der Waals surface area (Å²) in [6.07, 6.45) is 3.07. The predicted molar refractivity (Wildman–Crippen MR) is 380 cm³/mol. The summed E-state index contributed by atoms with van der Waals surface area (Å²) < 4.78 is 130. The quantitative estimate of drug-likeness (QED) is 0.0747. The Hall–Kier alpha value is -12.8. The van der Waals surface area contributed by atoms with E-state index in [1.807, 2.05) is 46.8 Å². The van der Waals surface area contributed by atoms with Gasteiger partial charge in [0.2, 0.25) is 0 Å². The number of hydrogen-bond donors (Lipinski definition) is 4. The molecule has 20 nitrogen and oxygen atoms in total. The molecule has 1 aliphatic heterocycles. The van der Waals surface area contributed by atoms with Crippen LogP contribution in [0.4, 0.5) is 61.4 Å². The largest absolute Gasteiger partial charge is 0.416 e. The molecule has 29 heteroatoms. The average molecular weight is 1450 g/mol. The minimum absolute atomic E-state index is 0.0178. The van der Waals surface area contributed by atoms with E-state index in [0.29, 0.717) is 52.3 Å². The monoisotopic (exact) mass is 1450 g/mol. The normalized spacial score (nSPS) is 12.3. The maximum absolute atomic E-state index is 13.9. The van der Waals surface area contributed by atoms with Gasteiger partial charge in [-0.1, -0.05) is 47.9 Å². The van der Waals surface area contributed by atoms with Crippen LogP contribution in [0, 0.1) is 63.2 Å². The molecule has 4 amide bonds. The minimum Gasteiger partial charge on any atom is -0.339 e. The van der Waals surface area contributed by atoms with Gasteiger partial charge in [-0.3, -0.25) is 19.3 Å². The number of alkyl halides is 9. The summed E-state index contributed by atoms with van der Waals surface area (Å²) in [7, 11) is 7.13. The SMILES string of the molecule is CNC(=O)n1cc(C#Cc2cc(C(=O)Nc3cc(-n4ccnc4)cc(C(F)(F)F)c3)ccc2C)cn1.Cc1ccc(C(=O)Nc2ccc(CN3CCN(C)CC3)c(C(F)(F)F)c2)cc1C#Cc1cncn1C.Cc1cn(-c2cc(NC(=O)c3ccc(C)c(C#Cc4cncn4C)c3)cc(C(F)(F)F)c2)cn1. The van der Waals surface area contributed by atoms with Crippen LogP contribution in [-0.4, -0.2) is 122 Å². The van der Waals surface area contributed by atoms with E-state index in [4.69, 9.17) is 0 Å². The topological polar surface area (TPSA) is 212 Å². The van der Waals surface area contributed by atoms with Crippen molar-refractivity contribution in [1.29, 1.82) is 0 Å². The van der Waals surface area contributed by atoms with Crippen LogP contribution in [0.15, 0.2) is 178 Å². The Bertz CT molecular complexity index is 5270. The highest BCUT2D eigenvalue weighted by Gasteiger charge is 2.36. The molecule has 0 aliphatic carbocycles. The van der Waals surface area contributed by atoms with E-state index >= 15 is 0 Å². The van der Waals surface area contributed by atoms with Crippen molar-refractivity contribution in [3.8, 4) is 46.9 Å². The highest BCUT2D eigenvalue weighted by molar-refractivity contribution is 6.06. The van der Waals surface area contributed by atoms with Crippen LogP contribution in [0.1, 0.15) is 109 Å². The smallest absolute Gasteiger partial charge is 0.339 e. The first-order valence-electron chi connectivity index (χ1n) is 32.4. The molecule has 106 heavy (non-hydrogen) atoms. The van der Waals surface area contributed by atoms with Gasteiger partial charge in [-0.15, -0.1) is 0 Å². The van der Waals surface area contributed by atoms with Crippen molar-refractivity contribution in [2.75, 3.05) is 56.2 Å². The van der Waals surface area contributed by atoms with Crippen LogP contribution < -0.4 is 21.3 Å². The lowest BCUT2D eigenvalue weighted by Crippen LogP contribution is -2.44. The van der Waals surface area contributed by atoms with Gasteiger partial charge in [-0.25, -0.2) is 24.7 Å². The van der Waals surface area contributed by atoms with Crippen molar-refractivity contribution in [3.63, 3.8) is 0 Å². The maximum Gasteiger partial charge on any atom is 0.416 e. The third kappa shape index (κ3) is 19.9. The summed E-state index contributed by atoms with van der Waals surface area (Å²) in [5.74, 6) is 16.3. The van der Waals surface area contributed by atoms with Gasteiger partial charge in [0.1, 0.15) is 11.4 Å². The van der Waals surface area contributed by atoms with E-state index in [-0.39, 0.29) is 51.7 Å². The number of carbonyl (C=O) groups is 4. The molecule has 0 bridgehead atoms. The molecule has 542 valence electrons. The molecule has 0 radical (unpaired) electrons. The van der Waals surface area contributed by atoms with Crippen LogP contribution in [0.5, 0.6) is 0 Å². The summed E-state index contributed by atoms with van der Waals surface area (Å²) in [6, 6.07) is 25.0. The fourth-order valence-corrected chi connectivity index (χ4v) is 10.5. The zero-order chi connectivity index (χ0) is 76.2.